The molecule has 1 aromatic carbocycles. The van der Waals surface area contributed by atoms with Crippen LogP contribution < -0.4 is 15.0 Å². The zero-order chi connectivity index (χ0) is 20.2. The molecule has 1 aliphatic heterocycles. The summed E-state index contributed by atoms with van der Waals surface area (Å²) in [6.07, 6.45) is 1.37. The lowest BCUT2D eigenvalue weighted by molar-refractivity contribution is 0.0740. The fourth-order valence-corrected chi connectivity index (χ4v) is 3.22. The van der Waals surface area contributed by atoms with Crippen molar-refractivity contribution in [1.29, 1.82) is 0 Å². The fraction of sp³-hybridized carbons (Fsp3) is 0.300. The highest BCUT2D eigenvalue weighted by atomic mass is 16.5. The van der Waals surface area contributed by atoms with Crippen molar-refractivity contribution in [3.63, 3.8) is 0 Å². The number of methoxy groups -OCH3 is 1. The molecule has 2 aromatic heterocycles. The Kier molecular flexibility index (Phi) is 5.28. The Balaban J connectivity index is 1.38. The van der Waals surface area contributed by atoms with Crippen LogP contribution in [0.2, 0.25) is 0 Å². The minimum Gasteiger partial charge on any atom is -0.497 e. The van der Waals surface area contributed by atoms with E-state index in [-0.39, 0.29) is 5.91 Å². The van der Waals surface area contributed by atoms with Crippen LogP contribution in [0.25, 0.3) is 0 Å². The molecule has 9 nitrogen and oxygen atoms in total. The van der Waals surface area contributed by atoms with Crippen LogP contribution in [-0.4, -0.2) is 59.2 Å². The van der Waals surface area contributed by atoms with Gasteiger partial charge in [-0.15, -0.1) is 0 Å². The zero-order valence-electron chi connectivity index (χ0n) is 16.3. The molecule has 0 radical (unpaired) electrons. The van der Waals surface area contributed by atoms with E-state index in [0.29, 0.717) is 36.2 Å². The molecule has 150 valence electrons. The van der Waals surface area contributed by atoms with E-state index in [9.17, 15) is 4.79 Å². The topological polar surface area (TPSA) is 96.6 Å². The second-order valence-electron chi connectivity index (χ2n) is 6.71. The van der Waals surface area contributed by atoms with Gasteiger partial charge >= 0.3 is 0 Å². The van der Waals surface area contributed by atoms with Gasteiger partial charge in [-0.2, -0.15) is 0 Å². The van der Waals surface area contributed by atoms with Crippen molar-refractivity contribution in [3.8, 4) is 5.75 Å². The molecule has 1 aliphatic rings. The minimum atomic E-state index is -0.110. The molecule has 0 spiro atoms. The molecule has 9 heteroatoms. The standard InChI is InChI=1S/C20H22N6O3/c1-14-11-19(24-29-14)23-18-12-17(21-13-22-18)20(27)26-9-7-25(8-10-26)15-3-5-16(28-2)6-4-15/h3-6,11-13H,7-10H2,1-2H3,(H,21,22,23,24). The number of aromatic nitrogens is 3. The normalized spacial score (nSPS) is 14.0. The van der Waals surface area contributed by atoms with Crippen molar-refractivity contribution < 1.29 is 14.1 Å². The van der Waals surface area contributed by atoms with Gasteiger partial charge in [0.15, 0.2) is 5.82 Å². The molecule has 0 atom stereocenters. The van der Waals surface area contributed by atoms with Crippen LogP contribution in [-0.2, 0) is 0 Å². The molecular weight excluding hydrogens is 372 g/mol. The van der Waals surface area contributed by atoms with Gasteiger partial charge in [0, 0.05) is 44.0 Å². The second kappa shape index (κ2) is 8.17. The average molecular weight is 394 g/mol. The van der Waals surface area contributed by atoms with E-state index in [1.54, 1.807) is 26.2 Å². The first kappa shape index (κ1) is 18.7. The molecule has 0 aliphatic carbocycles. The van der Waals surface area contributed by atoms with Crippen LogP contribution in [0.5, 0.6) is 5.75 Å². The molecule has 1 amide bonds. The molecule has 3 aromatic rings. The summed E-state index contributed by atoms with van der Waals surface area (Å²) in [6, 6.07) is 11.3. The molecule has 4 rings (SSSR count). The summed E-state index contributed by atoms with van der Waals surface area (Å²) >= 11 is 0. The predicted molar refractivity (Wildman–Crippen MR) is 108 cm³/mol. The SMILES string of the molecule is COc1ccc(N2CCN(C(=O)c3cc(Nc4cc(C)on4)ncn3)CC2)cc1. The number of carbonyl (C=O) groups excluding carboxylic acids is 1. The monoisotopic (exact) mass is 394 g/mol. The zero-order valence-corrected chi connectivity index (χ0v) is 16.3. The van der Waals surface area contributed by atoms with Crippen molar-refractivity contribution in [1.82, 2.24) is 20.0 Å². The van der Waals surface area contributed by atoms with Gasteiger partial charge < -0.3 is 24.4 Å². The number of piperazine rings is 1. The third-order valence-electron chi connectivity index (χ3n) is 4.77. The number of carbonyl (C=O) groups is 1. The maximum absolute atomic E-state index is 12.9. The molecule has 1 saturated heterocycles. The summed E-state index contributed by atoms with van der Waals surface area (Å²) < 4.78 is 10.2. The Morgan fingerprint density at radius 1 is 1.07 bits per heavy atom. The minimum absolute atomic E-state index is 0.110. The Labute approximate surface area is 168 Å². The summed E-state index contributed by atoms with van der Waals surface area (Å²) in [6.45, 7) is 4.57. The van der Waals surface area contributed by atoms with Gasteiger partial charge in [0.2, 0.25) is 0 Å². The van der Waals surface area contributed by atoms with Crippen LogP contribution in [0.1, 0.15) is 16.2 Å². The predicted octanol–water partition coefficient (Wildman–Crippen LogP) is 2.49. The van der Waals surface area contributed by atoms with Gasteiger partial charge in [0.25, 0.3) is 5.91 Å². The van der Waals surface area contributed by atoms with E-state index in [0.717, 1.165) is 24.5 Å². The highest BCUT2D eigenvalue weighted by Crippen LogP contribution is 2.21. The van der Waals surface area contributed by atoms with Crippen molar-refractivity contribution in [3.05, 3.63) is 54.2 Å². The van der Waals surface area contributed by atoms with E-state index in [1.807, 2.05) is 29.2 Å². The Hall–Kier alpha value is -3.62. The van der Waals surface area contributed by atoms with Crippen LogP contribution >= 0.6 is 0 Å². The quantitative estimate of drug-likeness (QED) is 0.705. The van der Waals surface area contributed by atoms with Crippen LogP contribution in [0, 0.1) is 6.92 Å². The second-order valence-corrected chi connectivity index (χ2v) is 6.71. The lowest BCUT2D eigenvalue weighted by Crippen LogP contribution is -2.49. The van der Waals surface area contributed by atoms with Crippen LogP contribution in [0.3, 0.4) is 0 Å². The summed E-state index contributed by atoms with van der Waals surface area (Å²) in [4.78, 5) is 25.2. The lowest BCUT2D eigenvalue weighted by atomic mass is 10.2. The van der Waals surface area contributed by atoms with Crippen molar-refractivity contribution >= 4 is 23.2 Å². The first-order valence-electron chi connectivity index (χ1n) is 9.33. The van der Waals surface area contributed by atoms with E-state index >= 15 is 0 Å². The third kappa shape index (κ3) is 4.29. The van der Waals surface area contributed by atoms with E-state index < -0.39 is 0 Å². The number of nitrogens with zero attached hydrogens (tertiary/aromatic N) is 5. The number of hydrogen-bond acceptors (Lipinski definition) is 8. The van der Waals surface area contributed by atoms with E-state index in [1.165, 1.54) is 6.33 Å². The number of hydrogen-bond donors (Lipinski definition) is 1. The van der Waals surface area contributed by atoms with E-state index in [2.05, 4.69) is 25.3 Å². The Morgan fingerprint density at radius 3 is 2.48 bits per heavy atom. The lowest BCUT2D eigenvalue weighted by Gasteiger charge is -2.36. The molecule has 3 heterocycles. The van der Waals surface area contributed by atoms with Crippen molar-refractivity contribution in [2.24, 2.45) is 0 Å². The number of rotatable bonds is 5. The first-order chi connectivity index (χ1) is 14.1. The summed E-state index contributed by atoms with van der Waals surface area (Å²) in [5, 5.41) is 6.88. The van der Waals surface area contributed by atoms with Gasteiger partial charge in [-0.25, -0.2) is 9.97 Å². The molecule has 1 N–H and O–H groups in total. The molecule has 1 fully saturated rings. The first-order valence-corrected chi connectivity index (χ1v) is 9.33. The van der Waals surface area contributed by atoms with Gasteiger partial charge in [-0.3, -0.25) is 4.79 Å². The number of nitrogens with one attached hydrogen (secondary N) is 1. The van der Waals surface area contributed by atoms with Gasteiger partial charge in [0.05, 0.1) is 7.11 Å². The van der Waals surface area contributed by atoms with E-state index in [4.69, 9.17) is 9.26 Å². The average Bonchev–Trinajstić information content (AvgIpc) is 3.18. The van der Waals surface area contributed by atoms with Crippen molar-refractivity contribution in [2.75, 3.05) is 43.5 Å². The maximum atomic E-state index is 12.9. The Morgan fingerprint density at radius 2 is 1.83 bits per heavy atom. The maximum Gasteiger partial charge on any atom is 0.272 e. The largest absolute Gasteiger partial charge is 0.497 e. The summed E-state index contributed by atoms with van der Waals surface area (Å²) in [7, 11) is 1.65. The molecule has 0 unspecified atom stereocenters. The molecule has 0 bridgehead atoms. The van der Waals surface area contributed by atoms with Gasteiger partial charge in [0.1, 0.15) is 29.3 Å². The highest BCUT2D eigenvalue weighted by Gasteiger charge is 2.23. The smallest absolute Gasteiger partial charge is 0.272 e. The summed E-state index contributed by atoms with van der Waals surface area (Å²) in [5.74, 6) is 2.44. The number of anilines is 3. The third-order valence-corrected chi connectivity index (χ3v) is 4.77. The Bertz CT molecular complexity index is 980. The van der Waals surface area contributed by atoms with Gasteiger partial charge in [-0.1, -0.05) is 5.16 Å². The number of benzene rings is 1. The molecular formula is C20H22N6O3. The number of ether oxygens (including phenoxy) is 1. The fourth-order valence-electron chi connectivity index (χ4n) is 3.22. The number of aryl methyl sites for hydroxylation is 1. The molecule has 29 heavy (non-hydrogen) atoms. The van der Waals surface area contributed by atoms with Crippen molar-refractivity contribution in [2.45, 2.75) is 6.92 Å². The number of amides is 1. The molecule has 0 saturated carbocycles. The van der Waals surface area contributed by atoms with Crippen LogP contribution in [0.4, 0.5) is 17.3 Å². The highest BCUT2D eigenvalue weighted by molar-refractivity contribution is 5.93. The van der Waals surface area contributed by atoms with Crippen LogP contribution in [0.15, 0.2) is 47.2 Å². The summed E-state index contributed by atoms with van der Waals surface area (Å²) in [5.41, 5.74) is 1.47. The van der Waals surface area contributed by atoms with Gasteiger partial charge in [-0.05, 0) is 31.2 Å².